The first-order chi connectivity index (χ1) is 9.69. The molecule has 2 N–H and O–H groups in total. The minimum absolute atomic E-state index is 0.0138. The summed E-state index contributed by atoms with van der Waals surface area (Å²) in [5.41, 5.74) is -0.209. The summed E-state index contributed by atoms with van der Waals surface area (Å²) in [7, 11) is 0. The molecule has 0 aromatic carbocycles. The minimum atomic E-state index is -1.18. The van der Waals surface area contributed by atoms with Crippen molar-refractivity contribution in [2.24, 2.45) is 0 Å². The predicted octanol–water partition coefficient (Wildman–Crippen LogP) is 2.05. The zero-order valence-electron chi connectivity index (χ0n) is 12.2. The average molecular weight is 313 g/mol. The molecule has 1 aromatic rings. The van der Waals surface area contributed by atoms with Crippen LogP contribution in [-0.4, -0.2) is 34.6 Å². The molecule has 21 heavy (non-hydrogen) atoms. The van der Waals surface area contributed by atoms with Crippen LogP contribution in [0.1, 0.15) is 44.0 Å². The maximum Gasteiger partial charge on any atom is 0.326 e. The van der Waals surface area contributed by atoms with E-state index in [1.54, 1.807) is 37.6 Å². The Balaban J connectivity index is 2.53. The molecule has 0 radical (unpaired) electrons. The van der Waals surface area contributed by atoms with E-state index in [0.717, 1.165) is 0 Å². The number of carbonyl (C=O) groups excluding carboxylic acids is 2. The Bertz CT molecular complexity index is 504. The highest BCUT2D eigenvalue weighted by molar-refractivity contribution is 7.08. The third kappa shape index (κ3) is 6.40. The largest absolute Gasteiger partial charge is 0.480 e. The summed E-state index contributed by atoms with van der Waals surface area (Å²) < 4.78 is 5.10. The molecule has 116 valence electrons. The topological polar surface area (TPSA) is 92.7 Å². The molecule has 0 saturated heterocycles. The maximum absolute atomic E-state index is 11.8. The van der Waals surface area contributed by atoms with Gasteiger partial charge in [0.1, 0.15) is 11.6 Å². The van der Waals surface area contributed by atoms with E-state index in [-0.39, 0.29) is 12.8 Å². The average Bonchev–Trinajstić information content (AvgIpc) is 2.85. The number of amides is 1. The van der Waals surface area contributed by atoms with Crippen molar-refractivity contribution < 1.29 is 24.2 Å². The van der Waals surface area contributed by atoms with Crippen molar-refractivity contribution in [3.8, 4) is 0 Å². The number of ether oxygens (including phenoxy) is 1. The highest BCUT2D eigenvalue weighted by Gasteiger charge is 2.23. The van der Waals surface area contributed by atoms with Crippen LogP contribution in [0.3, 0.4) is 0 Å². The first-order valence-corrected chi connectivity index (χ1v) is 7.41. The number of aliphatic carboxylic acids is 1. The van der Waals surface area contributed by atoms with Crippen LogP contribution in [0.4, 0.5) is 0 Å². The van der Waals surface area contributed by atoms with E-state index in [0.29, 0.717) is 5.56 Å². The van der Waals surface area contributed by atoms with Gasteiger partial charge in [-0.3, -0.25) is 9.59 Å². The monoisotopic (exact) mass is 313 g/mol. The van der Waals surface area contributed by atoms with Crippen LogP contribution in [0, 0.1) is 0 Å². The second-order valence-electron chi connectivity index (χ2n) is 5.50. The summed E-state index contributed by atoms with van der Waals surface area (Å²) in [6.07, 6.45) is -0.0850. The third-order valence-corrected chi connectivity index (χ3v) is 3.13. The normalized spacial score (nSPS) is 12.5. The van der Waals surface area contributed by atoms with Crippen LogP contribution in [0.5, 0.6) is 0 Å². The molecule has 0 aliphatic heterocycles. The fourth-order valence-electron chi connectivity index (χ4n) is 1.55. The highest BCUT2D eigenvalue weighted by atomic mass is 32.1. The van der Waals surface area contributed by atoms with E-state index in [9.17, 15) is 14.4 Å². The number of thiophene rings is 1. The quantitative estimate of drug-likeness (QED) is 0.784. The van der Waals surface area contributed by atoms with Gasteiger partial charge < -0.3 is 15.2 Å². The Morgan fingerprint density at radius 3 is 2.52 bits per heavy atom. The van der Waals surface area contributed by atoms with Gasteiger partial charge in [0.25, 0.3) is 5.91 Å². The standard InChI is InChI=1S/C14H19NO5S/c1-14(2,3)20-11(16)5-4-10(13(18)19)15-12(17)9-6-7-21-8-9/h6-8,10H,4-5H2,1-3H3,(H,15,17)(H,18,19)/t10-/m1/s1. The van der Waals surface area contributed by atoms with E-state index in [1.165, 1.54) is 11.3 Å². The lowest BCUT2D eigenvalue weighted by Gasteiger charge is -2.20. The molecule has 1 atom stereocenters. The second-order valence-corrected chi connectivity index (χ2v) is 6.28. The Labute approximate surface area is 127 Å². The Morgan fingerprint density at radius 2 is 2.05 bits per heavy atom. The smallest absolute Gasteiger partial charge is 0.326 e. The van der Waals surface area contributed by atoms with Crippen molar-refractivity contribution in [3.05, 3.63) is 22.4 Å². The van der Waals surface area contributed by atoms with Crippen molar-refractivity contribution >= 4 is 29.2 Å². The third-order valence-electron chi connectivity index (χ3n) is 2.44. The summed E-state index contributed by atoms with van der Waals surface area (Å²) in [5, 5.41) is 14.9. The van der Waals surface area contributed by atoms with Crippen LogP contribution < -0.4 is 5.32 Å². The van der Waals surface area contributed by atoms with Gasteiger partial charge in [0.2, 0.25) is 0 Å². The molecule has 7 heteroatoms. The van der Waals surface area contributed by atoms with Gasteiger partial charge in [-0.25, -0.2) is 4.79 Å². The number of carbonyl (C=O) groups is 3. The molecular formula is C14H19NO5S. The Kier molecular flexibility index (Phi) is 5.90. The van der Waals surface area contributed by atoms with Crippen LogP contribution >= 0.6 is 11.3 Å². The van der Waals surface area contributed by atoms with Gasteiger partial charge in [-0.2, -0.15) is 11.3 Å². The zero-order chi connectivity index (χ0) is 16.0. The van der Waals surface area contributed by atoms with Crippen molar-refractivity contribution in [3.63, 3.8) is 0 Å². The molecule has 0 unspecified atom stereocenters. The number of rotatable bonds is 6. The number of esters is 1. The Morgan fingerprint density at radius 1 is 1.38 bits per heavy atom. The number of hydrogen-bond donors (Lipinski definition) is 2. The van der Waals surface area contributed by atoms with Crippen molar-refractivity contribution in [1.82, 2.24) is 5.32 Å². The summed E-state index contributed by atoms with van der Waals surface area (Å²) >= 11 is 1.35. The van der Waals surface area contributed by atoms with Gasteiger partial charge in [-0.15, -0.1) is 0 Å². The summed E-state index contributed by atoms with van der Waals surface area (Å²) in [6.45, 7) is 5.20. The van der Waals surface area contributed by atoms with E-state index >= 15 is 0 Å². The summed E-state index contributed by atoms with van der Waals surface area (Å²) in [4.78, 5) is 34.5. The minimum Gasteiger partial charge on any atom is -0.480 e. The molecule has 1 aromatic heterocycles. The number of carboxylic acids is 1. The first-order valence-electron chi connectivity index (χ1n) is 6.47. The predicted molar refractivity (Wildman–Crippen MR) is 78.3 cm³/mol. The van der Waals surface area contributed by atoms with E-state index in [4.69, 9.17) is 9.84 Å². The van der Waals surface area contributed by atoms with Crippen LogP contribution in [-0.2, 0) is 14.3 Å². The van der Waals surface area contributed by atoms with Crippen molar-refractivity contribution in [2.75, 3.05) is 0 Å². The van der Waals surface area contributed by atoms with Gasteiger partial charge in [0.05, 0.1) is 5.56 Å². The molecule has 0 saturated carbocycles. The van der Waals surface area contributed by atoms with Crippen molar-refractivity contribution in [2.45, 2.75) is 45.3 Å². The molecule has 0 fully saturated rings. The van der Waals surface area contributed by atoms with Gasteiger partial charge in [-0.05, 0) is 38.6 Å². The van der Waals surface area contributed by atoms with Gasteiger partial charge in [0.15, 0.2) is 0 Å². The molecule has 1 heterocycles. The lowest BCUT2D eigenvalue weighted by molar-refractivity contribution is -0.155. The molecule has 0 bridgehead atoms. The van der Waals surface area contributed by atoms with Crippen LogP contribution in [0.15, 0.2) is 16.8 Å². The molecule has 0 aliphatic rings. The zero-order valence-corrected chi connectivity index (χ0v) is 13.0. The van der Waals surface area contributed by atoms with E-state index in [2.05, 4.69) is 5.32 Å². The maximum atomic E-state index is 11.8. The van der Waals surface area contributed by atoms with Crippen molar-refractivity contribution in [1.29, 1.82) is 0 Å². The fraction of sp³-hybridized carbons (Fsp3) is 0.500. The number of hydrogen-bond acceptors (Lipinski definition) is 5. The van der Waals surface area contributed by atoms with E-state index in [1.807, 2.05) is 0 Å². The lowest BCUT2D eigenvalue weighted by atomic mass is 10.1. The van der Waals surface area contributed by atoms with Gasteiger partial charge in [0, 0.05) is 11.8 Å². The summed E-state index contributed by atoms with van der Waals surface area (Å²) in [6, 6.07) is 0.483. The SMILES string of the molecule is CC(C)(C)OC(=O)CC[C@@H](NC(=O)c1ccsc1)C(=O)O. The highest BCUT2D eigenvalue weighted by Crippen LogP contribution is 2.11. The van der Waals surface area contributed by atoms with Crippen LogP contribution in [0.2, 0.25) is 0 Å². The van der Waals surface area contributed by atoms with Gasteiger partial charge in [-0.1, -0.05) is 0 Å². The van der Waals surface area contributed by atoms with Gasteiger partial charge >= 0.3 is 11.9 Å². The second kappa shape index (κ2) is 7.21. The molecular weight excluding hydrogens is 294 g/mol. The lowest BCUT2D eigenvalue weighted by Crippen LogP contribution is -2.41. The molecule has 1 amide bonds. The molecule has 0 aliphatic carbocycles. The first kappa shape index (κ1) is 17.2. The molecule has 1 rings (SSSR count). The molecule has 0 spiro atoms. The Hall–Kier alpha value is -1.89. The number of carboxylic acid groups (broad SMARTS) is 1. The summed E-state index contributed by atoms with van der Waals surface area (Å²) in [5.74, 6) is -2.13. The van der Waals surface area contributed by atoms with E-state index < -0.39 is 29.5 Å². The fourth-order valence-corrected chi connectivity index (χ4v) is 2.18. The van der Waals surface area contributed by atoms with Crippen LogP contribution in [0.25, 0.3) is 0 Å². The number of nitrogens with one attached hydrogen (secondary N) is 1. The molecule has 6 nitrogen and oxygen atoms in total.